The summed E-state index contributed by atoms with van der Waals surface area (Å²) in [6, 6.07) is 1.48. The average molecular weight is 153 g/mol. The van der Waals surface area contributed by atoms with E-state index in [9.17, 15) is 4.79 Å². The van der Waals surface area contributed by atoms with Gasteiger partial charge in [-0.05, 0) is 19.9 Å². The number of amides is 1. The number of hydrogen-bond acceptors (Lipinski definition) is 2. The topological polar surface area (TPSA) is 60.9 Å². The Hall–Kier alpha value is -1.32. The molecular weight excluding hydrogens is 142 g/mol. The first kappa shape index (κ1) is 7.78. The normalized spacial score (nSPS) is 12.9. The van der Waals surface area contributed by atoms with E-state index in [1.807, 2.05) is 13.0 Å². The number of nitrogens with two attached hydrogens (primary N) is 1. The van der Waals surface area contributed by atoms with Crippen molar-refractivity contribution in [2.24, 2.45) is 5.73 Å². The lowest BCUT2D eigenvalue weighted by Gasteiger charge is -2.05. The van der Waals surface area contributed by atoms with Gasteiger partial charge in [0, 0.05) is 6.20 Å². The first-order chi connectivity index (χ1) is 5.11. The van der Waals surface area contributed by atoms with Crippen LogP contribution in [0.2, 0.25) is 0 Å². The summed E-state index contributed by atoms with van der Waals surface area (Å²) in [6.45, 7) is 3.58. The van der Waals surface area contributed by atoms with E-state index >= 15 is 0 Å². The molecule has 4 nitrogen and oxygen atoms in total. The molecule has 0 saturated carbocycles. The highest BCUT2D eigenvalue weighted by Gasteiger charge is 2.10. The lowest BCUT2D eigenvalue weighted by Crippen LogP contribution is -2.24. The summed E-state index contributed by atoms with van der Waals surface area (Å²) in [6.07, 6.45) is 1.74. The molecule has 1 heterocycles. The van der Waals surface area contributed by atoms with Crippen LogP contribution in [-0.2, 0) is 4.79 Å². The van der Waals surface area contributed by atoms with Crippen molar-refractivity contribution in [2.75, 3.05) is 0 Å². The van der Waals surface area contributed by atoms with Crippen LogP contribution < -0.4 is 5.73 Å². The van der Waals surface area contributed by atoms with Gasteiger partial charge in [-0.25, -0.2) is 0 Å². The van der Waals surface area contributed by atoms with E-state index in [0.717, 1.165) is 5.69 Å². The molecule has 1 aromatic rings. The van der Waals surface area contributed by atoms with Crippen LogP contribution in [-0.4, -0.2) is 15.7 Å². The van der Waals surface area contributed by atoms with Crippen molar-refractivity contribution < 1.29 is 4.79 Å². The molecule has 1 amide bonds. The molecule has 0 bridgehead atoms. The van der Waals surface area contributed by atoms with E-state index in [1.54, 1.807) is 17.8 Å². The number of nitrogens with zero attached hydrogens (tertiary/aromatic N) is 2. The third kappa shape index (κ3) is 1.58. The van der Waals surface area contributed by atoms with Crippen LogP contribution in [0.1, 0.15) is 18.7 Å². The molecule has 0 aliphatic carbocycles. The number of carbonyl (C=O) groups is 1. The van der Waals surface area contributed by atoms with Crippen LogP contribution in [0.25, 0.3) is 0 Å². The highest BCUT2D eigenvalue weighted by molar-refractivity contribution is 5.77. The molecule has 0 aromatic carbocycles. The summed E-state index contributed by atoms with van der Waals surface area (Å²) in [7, 11) is 0. The Morgan fingerprint density at radius 2 is 2.45 bits per heavy atom. The second-order valence-electron chi connectivity index (χ2n) is 2.52. The minimum Gasteiger partial charge on any atom is -0.368 e. The summed E-state index contributed by atoms with van der Waals surface area (Å²) < 4.78 is 1.55. The van der Waals surface area contributed by atoms with E-state index in [0.29, 0.717) is 0 Å². The van der Waals surface area contributed by atoms with Crippen molar-refractivity contribution >= 4 is 5.91 Å². The number of aromatic nitrogens is 2. The van der Waals surface area contributed by atoms with Crippen molar-refractivity contribution in [1.82, 2.24) is 9.78 Å². The maximum Gasteiger partial charge on any atom is 0.241 e. The quantitative estimate of drug-likeness (QED) is 0.661. The van der Waals surface area contributed by atoms with Gasteiger partial charge in [0.1, 0.15) is 6.04 Å². The van der Waals surface area contributed by atoms with Gasteiger partial charge in [0.2, 0.25) is 5.91 Å². The molecule has 0 unspecified atom stereocenters. The van der Waals surface area contributed by atoms with Crippen molar-refractivity contribution in [3.63, 3.8) is 0 Å². The second-order valence-corrected chi connectivity index (χ2v) is 2.52. The summed E-state index contributed by atoms with van der Waals surface area (Å²) in [5, 5.41) is 4.05. The molecule has 0 saturated heterocycles. The summed E-state index contributed by atoms with van der Waals surface area (Å²) in [5.41, 5.74) is 5.96. The third-order valence-corrected chi connectivity index (χ3v) is 1.55. The van der Waals surface area contributed by atoms with E-state index in [-0.39, 0.29) is 11.9 Å². The first-order valence-corrected chi connectivity index (χ1v) is 3.42. The molecule has 0 aliphatic heterocycles. The standard InChI is InChI=1S/C7H11N3O/c1-5-3-4-10(9-5)6(2)7(8)11/h3-4,6H,1-2H3,(H2,8,11)/t6-/m1/s1. The molecule has 1 rings (SSSR count). The predicted octanol–water partition coefficient (Wildman–Crippen LogP) is 0.238. The number of hydrogen-bond donors (Lipinski definition) is 1. The maximum atomic E-state index is 10.7. The predicted molar refractivity (Wildman–Crippen MR) is 40.9 cm³/mol. The molecule has 1 atom stereocenters. The Bertz CT molecular complexity index is 266. The zero-order chi connectivity index (χ0) is 8.43. The minimum atomic E-state index is -0.367. The van der Waals surface area contributed by atoms with Crippen LogP contribution >= 0.6 is 0 Å². The lowest BCUT2D eigenvalue weighted by atomic mass is 10.3. The van der Waals surface area contributed by atoms with E-state index in [2.05, 4.69) is 5.10 Å². The molecule has 60 valence electrons. The minimum absolute atomic E-state index is 0.358. The van der Waals surface area contributed by atoms with Crippen molar-refractivity contribution in [1.29, 1.82) is 0 Å². The number of primary amides is 1. The first-order valence-electron chi connectivity index (χ1n) is 3.42. The van der Waals surface area contributed by atoms with E-state index in [4.69, 9.17) is 5.73 Å². The second kappa shape index (κ2) is 2.74. The fourth-order valence-electron chi connectivity index (χ4n) is 0.779. The molecule has 4 heteroatoms. The van der Waals surface area contributed by atoms with Gasteiger partial charge in [-0.15, -0.1) is 0 Å². The summed E-state index contributed by atoms with van der Waals surface area (Å²) in [5.74, 6) is -0.367. The smallest absolute Gasteiger partial charge is 0.241 e. The number of aryl methyl sites for hydroxylation is 1. The van der Waals surface area contributed by atoms with Crippen LogP contribution in [0.5, 0.6) is 0 Å². The van der Waals surface area contributed by atoms with E-state index < -0.39 is 0 Å². The Labute approximate surface area is 65.0 Å². The summed E-state index contributed by atoms with van der Waals surface area (Å²) in [4.78, 5) is 10.7. The SMILES string of the molecule is Cc1ccn([C@H](C)C(N)=O)n1. The molecular formula is C7H11N3O. The van der Waals surface area contributed by atoms with Gasteiger partial charge in [-0.1, -0.05) is 0 Å². The monoisotopic (exact) mass is 153 g/mol. The van der Waals surface area contributed by atoms with Crippen LogP contribution in [0.15, 0.2) is 12.3 Å². The van der Waals surface area contributed by atoms with Gasteiger partial charge in [-0.2, -0.15) is 5.10 Å². The molecule has 0 fully saturated rings. The Morgan fingerprint density at radius 3 is 2.82 bits per heavy atom. The number of rotatable bonds is 2. The van der Waals surface area contributed by atoms with Gasteiger partial charge in [0.05, 0.1) is 5.69 Å². The van der Waals surface area contributed by atoms with Crippen molar-refractivity contribution in [2.45, 2.75) is 19.9 Å². The zero-order valence-corrected chi connectivity index (χ0v) is 6.61. The van der Waals surface area contributed by atoms with Gasteiger partial charge in [0.25, 0.3) is 0 Å². The Balaban J connectivity index is 2.84. The highest BCUT2D eigenvalue weighted by Crippen LogP contribution is 2.03. The molecule has 0 spiro atoms. The molecule has 1 aromatic heterocycles. The van der Waals surface area contributed by atoms with Gasteiger partial charge in [-0.3, -0.25) is 9.48 Å². The summed E-state index contributed by atoms with van der Waals surface area (Å²) >= 11 is 0. The van der Waals surface area contributed by atoms with Crippen LogP contribution in [0.4, 0.5) is 0 Å². The highest BCUT2D eigenvalue weighted by atomic mass is 16.1. The molecule has 11 heavy (non-hydrogen) atoms. The third-order valence-electron chi connectivity index (χ3n) is 1.55. The van der Waals surface area contributed by atoms with Crippen molar-refractivity contribution in [3.8, 4) is 0 Å². The molecule has 0 aliphatic rings. The zero-order valence-electron chi connectivity index (χ0n) is 6.61. The largest absolute Gasteiger partial charge is 0.368 e. The fraction of sp³-hybridized carbons (Fsp3) is 0.429. The number of carbonyl (C=O) groups excluding carboxylic acids is 1. The van der Waals surface area contributed by atoms with Gasteiger partial charge >= 0.3 is 0 Å². The Morgan fingerprint density at radius 1 is 1.82 bits per heavy atom. The molecule has 0 radical (unpaired) electrons. The van der Waals surface area contributed by atoms with Gasteiger partial charge < -0.3 is 5.73 Å². The van der Waals surface area contributed by atoms with Crippen LogP contribution in [0, 0.1) is 6.92 Å². The average Bonchev–Trinajstić information content (AvgIpc) is 2.34. The van der Waals surface area contributed by atoms with E-state index in [1.165, 1.54) is 0 Å². The van der Waals surface area contributed by atoms with Crippen LogP contribution in [0.3, 0.4) is 0 Å². The Kier molecular flexibility index (Phi) is 1.94. The fourth-order valence-corrected chi connectivity index (χ4v) is 0.779. The van der Waals surface area contributed by atoms with Gasteiger partial charge in [0.15, 0.2) is 0 Å². The maximum absolute atomic E-state index is 10.7. The molecule has 2 N–H and O–H groups in total. The van der Waals surface area contributed by atoms with Crippen molar-refractivity contribution in [3.05, 3.63) is 18.0 Å². The lowest BCUT2D eigenvalue weighted by molar-refractivity contribution is -0.120.